The van der Waals surface area contributed by atoms with E-state index in [1.54, 1.807) is 0 Å². The topological polar surface area (TPSA) is 12.9 Å². The highest BCUT2D eigenvalue weighted by Crippen LogP contribution is 2.50. The van der Waals surface area contributed by atoms with Gasteiger partial charge < -0.3 is 0 Å². The molecule has 4 rings (SSSR count). The fraction of sp³-hybridized carbons (Fsp3) is 0.269. The average Bonchev–Trinajstić information content (AvgIpc) is 3.07. The van der Waals surface area contributed by atoms with Crippen molar-refractivity contribution in [3.8, 4) is 0 Å². The molecule has 0 spiro atoms. The summed E-state index contributed by atoms with van der Waals surface area (Å²) in [5.74, 6) is 0.864. The highest BCUT2D eigenvalue weighted by atomic mass is 127. The number of hydrogen-bond donors (Lipinski definition) is 0. The zero-order valence-electron chi connectivity index (χ0n) is 16.7. The minimum atomic E-state index is -0.0285. The molecule has 2 heteroatoms. The summed E-state index contributed by atoms with van der Waals surface area (Å²) in [4.78, 5) is 4.58. The maximum Gasteiger partial charge on any atom is 0.0412 e. The van der Waals surface area contributed by atoms with Gasteiger partial charge in [0.25, 0.3) is 0 Å². The number of pyridine rings is 1. The van der Waals surface area contributed by atoms with Crippen LogP contribution in [0.3, 0.4) is 0 Å². The molecule has 0 amide bonds. The molecule has 0 bridgehead atoms. The number of hydrogen-bond acceptors (Lipinski definition) is 1. The molecule has 0 saturated heterocycles. The third-order valence-electron chi connectivity index (χ3n) is 6.33. The van der Waals surface area contributed by atoms with E-state index < -0.39 is 0 Å². The predicted octanol–water partition coefficient (Wildman–Crippen LogP) is 7.02. The molecule has 2 aromatic carbocycles. The maximum absolute atomic E-state index is 4.58. The number of benzene rings is 2. The molecule has 0 N–H and O–H groups in total. The van der Waals surface area contributed by atoms with Gasteiger partial charge in [0, 0.05) is 33.2 Å². The predicted molar refractivity (Wildman–Crippen MR) is 126 cm³/mol. The van der Waals surface area contributed by atoms with Gasteiger partial charge in [0.15, 0.2) is 0 Å². The van der Waals surface area contributed by atoms with Crippen molar-refractivity contribution in [2.45, 2.75) is 38.5 Å². The molecule has 1 aliphatic rings. The summed E-state index contributed by atoms with van der Waals surface area (Å²) in [6, 6.07) is 24.2. The zero-order valence-corrected chi connectivity index (χ0v) is 18.9. The molecule has 2 unspecified atom stereocenters. The highest BCUT2D eigenvalue weighted by Gasteiger charge is 2.39. The van der Waals surface area contributed by atoms with Gasteiger partial charge in [-0.15, -0.1) is 0 Å². The molecule has 1 aromatic heterocycles. The van der Waals surface area contributed by atoms with Gasteiger partial charge >= 0.3 is 0 Å². The smallest absolute Gasteiger partial charge is 0.0412 e. The van der Waals surface area contributed by atoms with Crippen LogP contribution in [0.15, 0.2) is 79.0 Å². The molecule has 2 atom stereocenters. The Labute approximate surface area is 182 Å². The van der Waals surface area contributed by atoms with Gasteiger partial charge in [-0.05, 0) is 75.0 Å². The number of aromatic nitrogens is 1. The Morgan fingerprint density at radius 3 is 2.36 bits per heavy atom. The minimum absolute atomic E-state index is 0.0285. The Bertz CT molecular complexity index is 988. The van der Waals surface area contributed by atoms with Gasteiger partial charge in [-0.2, -0.15) is 0 Å². The van der Waals surface area contributed by atoms with E-state index in [1.807, 2.05) is 12.3 Å². The third-order valence-corrected chi connectivity index (χ3v) is 7.05. The first-order valence-corrected chi connectivity index (χ1v) is 11.1. The largest absolute Gasteiger partial charge is 0.261 e. The number of halogens is 1. The highest BCUT2D eigenvalue weighted by molar-refractivity contribution is 14.1. The Hall–Kier alpha value is -1.94. The summed E-state index contributed by atoms with van der Waals surface area (Å²) in [6.07, 6.45) is 5.35. The summed E-state index contributed by atoms with van der Waals surface area (Å²) < 4.78 is 1.28. The number of allylic oxidation sites excluding steroid dienone is 2. The van der Waals surface area contributed by atoms with Gasteiger partial charge in [-0.1, -0.05) is 69.3 Å². The Morgan fingerprint density at radius 1 is 0.964 bits per heavy atom. The molecular weight excluding hydrogens is 453 g/mol. The van der Waals surface area contributed by atoms with E-state index in [1.165, 1.54) is 25.8 Å². The number of nitrogens with zero attached hydrogens (tertiary/aromatic N) is 1. The van der Waals surface area contributed by atoms with Crippen LogP contribution in [-0.4, -0.2) is 4.98 Å². The average molecular weight is 479 g/mol. The summed E-state index contributed by atoms with van der Waals surface area (Å²) in [6.45, 7) is 7.09. The second-order valence-electron chi connectivity index (χ2n) is 8.16. The fourth-order valence-electron chi connectivity index (χ4n) is 4.41. The summed E-state index contributed by atoms with van der Waals surface area (Å²) in [5, 5.41) is 0. The van der Waals surface area contributed by atoms with E-state index in [2.05, 4.69) is 115 Å². The van der Waals surface area contributed by atoms with E-state index in [0.717, 1.165) is 12.1 Å². The van der Waals surface area contributed by atoms with Crippen molar-refractivity contribution in [1.29, 1.82) is 0 Å². The lowest BCUT2D eigenvalue weighted by atomic mass is 9.67. The van der Waals surface area contributed by atoms with Crippen LogP contribution in [0.4, 0.5) is 0 Å². The van der Waals surface area contributed by atoms with Crippen LogP contribution >= 0.6 is 22.6 Å². The number of fused-ring (bicyclic) bond motifs is 1. The SMILES string of the molecule is CC(C)C(C)(C1=CC(Cc2ccccn2)c2ccccc21)c1ccc(I)cc1. The van der Waals surface area contributed by atoms with Crippen molar-refractivity contribution in [3.05, 3.63) is 105 Å². The van der Waals surface area contributed by atoms with Crippen LogP contribution in [0.1, 0.15) is 49.1 Å². The Kier molecular flexibility index (Phi) is 5.42. The van der Waals surface area contributed by atoms with E-state index in [-0.39, 0.29) is 5.41 Å². The van der Waals surface area contributed by atoms with Crippen molar-refractivity contribution < 1.29 is 0 Å². The second kappa shape index (κ2) is 7.82. The van der Waals surface area contributed by atoms with Gasteiger partial charge in [0.05, 0.1) is 0 Å². The molecule has 0 radical (unpaired) electrons. The van der Waals surface area contributed by atoms with Gasteiger partial charge in [-0.3, -0.25) is 4.98 Å². The summed E-state index contributed by atoms with van der Waals surface area (Å²) in [5.41, 5.74) is 6.81. The van der Waals surface area contributed by atoms with Gasteiger partial charge in [0.1, 0.15) is 0 Å². The lowest BCUT2D eigenvalue weighted by molar-refractivity contribution is 0.435. The first-order chi connectivity index (χ1) is 13.5. The van der Waals surface area contributed by atoms with Crippen molar-refractivity contribution in [3.63, 3.8) is 0 Å². The zero-order chi connectivity index (χ0) is 19.7. The molecule has 0 saturated carbocycles. The molecule has 1 aliphatic carbocycles. The molecule has 0 aliphatic heterocycles. The molecule has 3 aromatic rings. The minimum Gasteiger partial charge on any atom is -0.261 e. The fourth-order valence-corrected chi connectivity index (χ4v) is 4.77. The molecule has 0 fully saturated rings. The standard InChI is InChI=1S/C26H26IN/c1-18(2)26(3,20-11-13-21(27)14-12-20)25-17-19(16-22-8-6-7-15-28-22)23-9-4-5-10-24(23)25/h4-15,17-19H,16H2,1-3H3. The van der Waals surface area contributed by atoms with Crippen molar-refractivity contribution in [2.75, 3.05) is 0 Å². The van der Waals surface area contributed by atoms with Gasteiger partial charge in [0.2, 0.25) is 0 Å². The van der Waals surface area contributed by atoms with Crippen LogP contribution < -0.4 is 0 Å². The molecular formula is C26H26IN. The maximum atomic E-state index is 4.58. The van der Waals surface area contributed by atoms with E-state index >= 15 is 0 Å². The quantitative estimate of drug-likeness (QED) is 0.359. The number of rotatable bonds is 5. The molecule has 1 nitrogen and oxygen atoms in total. The lowest BCUT2D eigenvalue weighted by Gasteiger charge is -2.37. The van der Waals surface area contributed by atoms with Crippen molar-refractivity contribution >= 4 is 28.2 Å². The normalized spacial score (nSPS) is 17.9. The molecule has 142 valence electrons. The van der Waals surface area contributed by atoms with Crippen LogP contribution in [0, 0.1) is 9.49 Å². The van der Waals surface area contributed by atoms with Crippen LogP contribution in [-0.2, 0) is 11.8 Å². The van der Waals surface area contributed by atoms with Crippen LogP contribution in [0.25, 0.3) is 5.57 Å². The second-order valence-corrected chi connectivity index (χ2v) is 9.41. The van der Waals surface area contributed by atoms with Crippen LogP contribution in [0.5, 0.6) is 0 Å². The van der Waals surface area contributed by atoms with Crippen molar-refractivity contribution in [1.82, 2.24) is 4.98 Å². The Balaban J connectivity index is 1.82. The molecule has 1 heterocycles. The first kappa shape index (κ1) is 19.4. The third kappa shape index (κ3) is 3.43. The van der Waals surface area contributed by atoms with E-state index in [0.29, 0.717) is 11.8 Å². The summed E-state index contributed by atoms with van der Waals surface area (Å²) in [7, 11) is 0. The van der Waals surface area contributed by atoms with Crippen molar-refractivity contribution in [2.24, 2.45) is 5.92 Å². The van der Waals surface area contributed by atoms with E-state index in [9.17, 15) is 0 Å². The van der Waals surface area contributed by atoms with Gasteiger partial charge in [-0.25, -0.2) is 0 Å². The summed E-state index contributed by atoms with van der Waals surface area (Å²) >= 11 is 2.38. The van der Waals surface area contributed by atoms with Crippen LogP contribution in [0.2, 0.25) is 0 Å². The van der Waals surface area contributed by atoms with E-state index in [4.69, 9.17) is 0 Å². The first-order valence-electron chi connectivity index (χ1n) is 9.97. The Morgan fingerprint density at radius 2 is 1.68 bits per heavy atom. The lowest BCUT2D eigenvalue weighted by Crippen LogP contribution is -2.30. The monoisotopic (exact) mass is 479 g/mol. The molecule has 28 heavy (non-hydrogen) atoms.